The number of aromatic nitrogens is 1. The summed E-state index contributed by atoms with van der Waals surface area (Å²) in [6.45, 7) is 0.542. The minimum Gasteiger partial charge on any atom is -0.481 e. The van der Waals surface area contributed by atoms with E-state index in [0.29, 0.717) is 18.8 Å². The fraction of sp³-hybridized carbons (Fsp3) is 0.200. The Morgan fingerprint density at radius 2 is 2.00 bits per heavy atom. The third-order valence-corrected chi connectivity index (χ3v) is 2.98. The lowest BCUT2D eigenvalue weighted by Gasteiger charge is -2.24. The average molecular weight is 286 g/mol. The van der Waals surface area contributed by atoms with Gasteiger partial charge < -0.3 is 20.6 Å². The molecule has 0 atom stereocenters. The summed E-state index contributed by atoms with van der Waals surface area (Å²) in [7, 11) is 1.58. The van der Waals surface area contributed by atoms with Crippen LogP contribution in [0.3, 0.4) is 0 Å². The maximum atomic E-state index is 8.68. The largest absolute Gasteiger partial charge is 0.481 e. The predicted octanol–water partition coefficient (Wildman–Crippen LogP) is 2.36. The molecule has 2 aromatic rings. The van der Waals surface area contributed by atoms with Crippen molar-refractivity contribution in [1.29, 1.82) is 0 Å². The first-order chi connectivity index (χ1) is 10.2. The highest BCUT2D eigenvalue weighted by atomic mass is 16.5. The fourth-order valence-electron chi connectivity index (χ4n) is 1.93. The number of amidine groups is 1. The van der Waals surface area contributed by atoms with E-state index in [1.54, 1.807) is 13.2 Å². The molecular formula is C15H18N4O2. The zero-order chi connectivity index (χ0) is 15.1. The van der Waals surface area contributed by atoms with E-state index >= 15 is 0 Å². The summed E-state index contributed by atoms with van der Waals surface area (Å²) in [6.07, 6.45) is 0.421. The van der Waals surface area contributed by atoms with Crippen molar-refractivity contribution in [3.63, 3.8) is 0 Å². The first-order valence-electron chi connectivity index (χ1n) is 6.54. The molecule has 0 unspecified atom stereocenters. The molecular weight excluding hydrogens is 268 g/mol. The van der Waals surface area contributed by atoms with E-state index in [-0.39, 0.29) is 5.84 Å². The normalized spacial score (nSPS) is 11.2. The molecule has 0 aliphatic heterocycles. The molecule has 110 valence electrons. The van der Waals surface area contributed by atoms with Crippen molar-refractivity contribution in [2.45, 2.75) is 6.42 Å². The maximum Gasteiger partial charge on any atom is 0.214 e. The molecule has 21 heavy (non-hydrogen) atoms. The number of para-hydroxylation sites is 1. The second-order valence-corrected chi connectivity index (χ2v) is 4.37. The molecule has 0 amide bonds. The Hall–Kier alpha value is -2.76. The minimum atomic E-state index is 0.179. The number of nitrogens with zero attached hydrogens (tertiary/aromatic N) is 3. The molecule has 6 heteroatoms. The molecule has 0 radical (unpaired) electrons. The van der Waals surface area contributed by atoms with Crippen LogP contribution in [0.25, 0.3) is 0 Å². The van der Waals surface area contributed by atoms with Gasteiger partial charge in [0.2, 0.25) is 5.88 Å². The third kappa shape index (κ3) is 3.85. The molecule has 3 N–H and O–H groups in total. The smallest absolute Gasteiger partial charge is 0.214 e. The molecule has 0 aliphatic carbocycles. The van der Waals surface area contributed by atoms with E-state index in [0.717, 1.165) is 11.5 Å². The number of oxime groups is 1. The van der Waals surface area contributed by atoms with Crippen molar-refractivity contribution < 1.29 is 9.94 Å². The second kappa shape index (κ2) is 7.14. The van der Waals surface area contributed by atoms with Crippen LogP contribution < -0.4 is 15.4 Å². The highest BCUT2D eigenvalue weighted by Crippen LogP contribution is 2.25. The van der Waals surface area contributed by atoms with Gasteiger partial charge in [-0.25, -0.2) is 0 Å². The Balaban J connectivity index is 2.30. The molecule has 1 heterocycles. The number of pyridine rings is 1. The first-order valence-corrected chi connectivity index (χ1v) is 6.54. The van der Waals surface area contributed by atoms with Crippen LogP contribution in [-0.4, -0.2) is 29.7 Å². The summed E-state index contributed by atoms with van der Waals surface area (Å²) in [5, 5.41) is 11.7. The van der Waals surface area contributed by atoms with Gasteiger partial charge in [-0.2, -0.15) is 4.98 Å². The van der Waals surface area contributed by atoms with E-state index in [1.807, 2.05) is 47.4 Å². The Morgan fingerprint density at radius 3 is 2.67 bits per heavy atom. The highest BCUT2D eigenvalue weighted by Gasteiger charge is 2.12. The Labute approximate surface area is 123 Å². The van der Waals surface area contributed by atoms with Gasteiger partial charge in [-0.3, -0.25) is 0 Å². The van der Waals surface area contributed by atoms with E-state index in [4.69, 9.17) is 15.7 Å². The SMILES string of the molecule is COc1cccc(N(CCC(N)=NO)c2ccccc2)n1. The standard InChI is InChI=1S/C15H18N4O2/c1-21-15-9-5-8-14(17-15)19(11-10-13(16)18-20)12-6-3-2-4-7-12/h2-9,20H,10-11H2,1H3,(H2,16,18). The Kier molecular flexibility index (Phi) is 4.98. The van der Waals surface area contributed by atoms with Gasteiger partial charge in [0, 0.05) is 24.7 Å². The lowest BCUT2D eigenvalue weighted by Crippen LogP contribution is -2.25. The minimum absolute atomic E-state index is 0.179. The van der Waals surface area contributed by atoms with Gasteiger partial charge >= 0.3 is 0 Å². The van der Waals surface area contributed by atoms with Crippen LogP contribution in [0.1, 0.15) is 6.42 Å². The van der Waals surface area contributed by atoms with Crippen LogP contribution in [0.5, 0.6) is 5.88 Å². The fourth-order valence-corrected chi connectivity index (χ4v) is 1.93. The van der Waals surface area contributed by atoms with Gasteiger partial charge in [-0.05, 0) is 18.2 Å². The van der Waals surface area contributed by atoms with Gasteiger partial charge in [0.05, 0.1) is 7.11 Å². The van der Waals surface area contributed by atoms with Crippen molar-refractivity contribution in [1.82, 2.24) is 4.98 Å². The third-order valence-electron chi connectivity index (χ3n) is 2.98. The zero-order valence-corrected chi connectivity index (χ0v) is 11.8. The maximum absolute atomic E-state index is 8.68. The van der Waals surface area contributed by atoms with Crippen molar-refractivity contribution >= 4 is 17.3 Å². The van der Waals surface area contributed by atoms with E-state index in [2.05, 4.69) is 10.1 Å². The number of nitrogens with two attached hydrogens (primary N) is 1. The summed E-state index contributed by atoms with van der Waals surface area (Å²) in [5.41, 5.74) is 6.54. The summed E-state index contributed by atoms with van der Waals surface area (Å²) in [5.74, 6) is 1.46. The zero-order valence-electron chi connectivity index (χ0n) is 11.8. The summed E-state index contributed by atoms with van der Waals surface area (Å²) in [6, 6.07) is 15.4. The van der Waals surface area contributed by atoms with Crippen molar-refractivity contribution in [3.8, 4) is 5.88 Å². The van der Waals surface area contributed by atoms with Crippen molar-refractivity contribution in [2.24, 2.45) is 10.9 Å². The second-order valence-electron chi connectivity index (χ2n) is 4.37. The summed E-state index contributed by atoms with van der Waals surface area (Å²) in [4.78, 5) is 6.42. The number of benzene rings is 1. The Bertz CT molecular complexity index is 602. The number of hydrogen-bond donors (Lipinski definition) is 2. The van der Waals surface area contributed by atoms with E-state index in [1.165, 1.54) is 0 Å². The molecule has 2 rings (SSSR count). The van der Waals surface area contributed by atoms with Gasteiger partial charge in [0.15, 0.2) is 0 Å². The molecule has 0 aliphatic rings. The van der Waals surface area contributed by atoms with Crippen LogP contribution in [0.15, 0.2) is 53.7 Å². The number of hydrogen-bond acceptors (Lipinski definition) is 5. The quantitative estimate of drug-likeness (QED) is 0.368. The molecule has 6 nitrogen and oxygen atoms in total. The summed E-state index contributed by atoms with van der Waals surface area (Å²) >= 11 is 0. The number of methoxy groups -OCH3 is 1. The lowest BCUT2D eigenvalue weighted by molar-refractivity contribution is 0.317. The molecule has 1 aromatic heterocycles. The van der Waals surface area contributed by atoms with Gasteiger partial charge in [-0.1, -0.05) is 29.4 Å². The number of rotatable bonds is 6. The van der Waals surface area contributed by atoms with Gasteiger partial charge in [-0.15, -0.1) is 0 Å². The van der Waals surface area contributed by atoms with Crippen molar-refractivity contribution in [3.05, 3.63) is 48.5 Å². The van der Waals surface area contributed by atoms with Crippen LogP contribution in [0, 0.1) is 0 Å². The molecule has 1 aromatic carbocycles. The van der Waals surface area contributed by atoms with Crippen LogP contribution in [0.4, 0.5) is 11.5 Å². The number of anilines is 2. The number of ether oxygens (including phenoxy) is 1. The average Bonchev–Trinajstić information content (AvgIpc) is 2.56. The van der Waals surface area contributed by atoms with Crippen molar-refractivity contribution in [2.75, 3.05) is 18.6 Å². The van der Waals surface area contributed by atoms with Gasteiger partial charge in [0.1, 0.15) is 11.7 Å². The van der Waals surface area contributed by atoms with Gasteiger partial charge in [0.25, 0.3) is 0 Å². The Morgan fingerprint density at radius 1 is 1.24 bits per heavy atom. The van der Waals surface area contributed by atoms with Crippen LogP contribution >= 0.6 is 0 Å². The first kappa shape index (κ1) is 14.6. The highest BCUT2D eigenvalue weighted by molar-refractivity contribution is 5.80. The molecule has 0 saturated heterocycles. The monoisotopic (exact) mass is 286 g/mol. The predicted molar refractivity (Wildman–Crippen MR) is 82.3 cm³/mol. The lowest BCUT2D eigenvalue weighted by atomic mass is 10.2. The molecule has 0 bridgehead atoms. The topological polar surface area (TPSA) is 84.0 Å². The summed E-state index contributed by atoms with van der Waals surface area (Å²) < 4.78 is 5.16. The molecule has 0 saturated carbocycles. The van der Waals surface area contributed by atoms with E-state index in [9.17, 15) is 0 Å². The molecule has 0 spiro atoms. The van der Waals surface area contributed by atoms with Crippen LogP contribution in [0.2, 0.25) is 0 Å². The van der Waals surface area contributed by atoms with E-state index < -0.39 is 0 Å². The van der Waals surface area contributed by atoms with Crippen LogP contribution in [-0.2, 0) is 0 Å². The molecule has 0 fully saturated rings.